The summed E-state index contributed by atoms with van der Waals surface area (Å²) in [5.41, 5.74) is 2.79. The molecule has 0 unspecified atom stereocenters. The SMILES string of the molecule is C=Cc1ccc(C2CCC(C3CCC(CCC=CC)CC3)CC2)cc1. The van der Waals surface area contributed by atoms with Crippen molar-refractivity contribution in [2.75, 3.05) is 0 Å². The Balaban J connectivity index is 1.42. The molecule has 0 aliphatic heterocycles. The van der Waals surface area contributed by atoms with Crippen molar-refractivity contribution in [2.45, 2.75) is 77.0 Å². The second kappa shape index (κ2) is 9.41. The van der Waals surface area contributed by atoms with Crippen LogP contribution < -0.4 is 0 Å². The van der Waals surface area contributed by atoms with E-state index < -0.39 is 0 Å². The van der Waals surface area contributed by atoms with Gasteiger partial charge in [-0.2, -0.15) is 0 Å². The minimum Gasteiger partial charge on any atom is -0.0985 e. The average Bonchev–Trinajstić information content (AvgIpc) is 2.69. The Hall–Kier alpha value is -1.30. The Kier molecular flexibility index (Phi) is 6.96. The van der Waals surface area contributed by atoms with Crippen LogP contribution in [0.15, 0.2) is 43.0 Å². The van der Waals surface area contributed by atoms with Crippen LogP contribution in [0.2, 0.25) is 0 Å². The van der Waals surface area contributed by atoms with Crippen LogP contribution in [0.5, 0.6) is 0 Å². The first kappa shape index (κ1) is 18.5. The van der Waals surface area contributed by atoms with Crippen molar-refractivity contribution >= 4 is 6.08 Å². The van der Waals surface area contributed by atoms with Gasteiger partial charge in [0.05, 0.1) is 0 Å². The fraction of sp³-hybridized carbons (Fsp3) is 0.600. The van der Waals surface area contributed by atoms with Gasteiger partial charge >= 0.3 is 0 Å². The molecule has 2 aliphatic carbocycles. The van der Waals surface area contributed by atoms with Crippen LogP contribution in [0.4, 0.5) is 0 Å². The third-order valence-electron chi connectivity index (χ3n) is 6.95. The molecule has 0 spiro atoms. The second-order valence-electron chi connectivity index (χ2n) is 8.41. The summed E-state index contributed by atoms with van der Waals surface area (Å²) in [4.78, 5) is 0. The van der Waals surface area contributed by atoms with Crippen molar-refractivity contribution < 1.29 is 0 Å². The van der Waals surface area contributed by atoms with Gasteiger partial charge in [0.1, 0.15) is 0 Å². The summed E-state index contributed by atoms with van der Waals surface area (Å²) in [6.07, 6.45) is 20.9. The lowest BCUT2D eigenvalue weighted by Gasteiger charge is -2.38. The third kappa shape index (κ3) is 5.09. The Morgan fingerprint density at radius 3 is 2.04 bits per heavy atom. The lowest BCUT2D eigenvalue weighted by molar-refractivity contribution is 0.157. The maximum atomic E-state index is 3.86. The van der Waals surface area contributed by atoms with E-state index in [0.717, 1.165) is 23.7 Å². The van der Waals surface area contributed by atoms with Gasteiger partial charge in [-0.15, -0.1) is 0 Å². The van der Waals surface area contributed by atoms with E-state index in [4.69, 9.17) is 0 Å². The van der Waals surface area contributed by atoms with E-state index in [0.29, 0.717) is 0 Å². The van der Waals surface area contributed by atoms with Crippen molar-refractivity contribution in [3.63, 3.8) is 0 Å². The lowest BCUT2D eigenvalue weighted by atomic mass is 9.68. The van der Waals surface area contributed by atoms with Crippen molar-refractivity contribution in [3.8, 4) is 0 Å². The molecular formula is C25H36. The molecule has 3 rings (SSSR count). The number of hydrogen-bond acceptors (Lipinski definition) is 0. The van der Waals surface area contributed by atoms with Crippen LogP contribution in [0.3, 0.4) is 0 Å². The van der Waals surface area contributed by atoms with Crippen LogP contribution in [-0.2, 0) is 0 Å². The second-order valence-corrected chi connectivity index (χ2v) is 8.41. The molecule has 2 aliphatic rings. The van der Waals surface area contributed by atoms with Gasteiger partial charge in [-0.05, 0) is 93.1 Å². The van der Waals surface area contributed by atoms with Crippen molar-refractivity contribution in [1.29, 1.82) is 0 Å². The van der Waals surface area contributed by atoms with E-state index in [2.05, 4.69) is 49.9 Å². The first-order valence-corrected chi connectivity index (χ1v) is 10.6. The molecule has 0 radical (unpaired) electrons. The topological polar surface area (TPSA) is 0 Å². The molecular weight excluding hydrogens is 300 g/mol. The predicted molar refractivity (Wildman–Crippen MR) is 111 cm³/mol. The highest BCUT2D eigenvalue weighted by molar-refractivity contribution is 5.47. The molecule has 0 atom stereocenters. The summed E-state index contributed by atoms with van der Waals surface area (Å²) < 4.78 is 0. The predicted octanol–water partition coefficient (Wildman–Crippen LogP) is 7.77. The third-order valence-corrected chi connectivity index (χ3v) is 6.95. The lowest BCUT2D eigenvalue weighted by Crippen LogP contribution is -2.25. The van der Waals surface area contributed by atoms with E-state index in [9.17, 15) is 0 Å². The first-order chi connectivity index (χ1) is 12.3. The fourth-order valence-electron chi connectivity index (χ4n) is 5.28. The van der Waals surface area contributed by atoms with E-state index in [1.54, 1.807) is 5.56 Å². The van der Waals surface area contributed by atoms with Crippen LogP contribution in [0, 0.1) is 17.8 Å². The van der Waals surface area contributed by atoms with Crippen LogP contribution in [-0.4, -0.2) is 0 Å². The molecule has 0 amide bonds. The van der Waals surface area contributed by atoms with Crippen molar-refractivity contribution in [2.24, 2.45) is 17.8 Å². The standard InChI is InChI=1S/C25H36/c1-3-5-6-7-21-10-14-23(15-11-21)25-18-16-24(17-19-25)22-12-8-20(4-2)9-13-22/h3-5,8-9,12-13,21,23-25H,2,6-7,10-11,14-19H2,1H3. The highest BCUT2D eigenvalue weighted by Gasteiger charge is 2.31. The smallest absolute Gasteiger partial charge is 0.0162 e. The summed E-state index contributed by atoms with van der Waals surface area (Å²) in [5.74, 6) is 3.85. The van der Waals surface area contributed by atoms with Gasteiger partial charge in [-0.1, -0.05) is 61.9 Å². The van der Waals surface area contributed by atoms with Gasteiger partial charge in [0, 0.05) is 0 Å². The Bertz CT molecular complexity index is 534. The van der Waals surface area contributed by atoms with Crippen molar-refractivity contribution in [1.82, 2.24) is 0 Å². The summed E-state index contributed by atoms with van der Waals surface area (Å²) in [6, 6.07) is 9.11. The largest absolute Gasteiger partial charge is 0.0985 e. The average molecular weight is 337 g/mol. The maximum Gasteiger partial charge on any atom is -0.0162 e. The molecule has 136 valence electrons. The first-order valence-electron chi connectivity index (χ1n) is 10.6. The van der Waals surface area contributed by atoms with E-state index in [1.807, 2.05) is 6.08 Å². The van der Waals surface area contributed by atoms with Crippen LogP contribution in [0.1, 0.15) is 88.2 Å². The zero-order valence-electron chi connectivity index (χ0n) is 16.1. The van der Waals surface area contributed by atoms with E-state index >= 15 is 0 Å². The van der Waals surface area contributed by atoms with Gasteiger partial charge in [-0.25, -0.2) is 0 Å². The zero-order chi connectivity index (χ0) is 17.5. The molecule has 0 bridgehead atoms. The normalized spacial score (nSPS) is 30.4. The minimum absolute atomic E-state index is 0.798. The number of allylic oxidation sites excluding steroid dienone is 2. The monoisotopic (exact) mass is 336 g/mol. The van der Waals surface area contributed by atoms with Gasteiger partial charge in [0.25, 0.3) is 0 Å². The summed E-state index contributed by atoms with van der Waals surface area (Å²) in [6.45, 7) is 6.00. The molecule has 25 heavy (non-hydrogen) atoms. The Morgan fingerprint density at radius 2 is 1.48 bits per heavy atom. The quantitative estimate of drug-likeness (QED) is 0.465. The minimum atomic E-state index is 0.798. The Morgan fingerprint density at radius 1 is 0.880 bits per heavy atom. The van der Waals surface area contributed by atoms with Crippen LogP contribution in [0.25, 0.3) is 6.08 Å². The summed E-state index contributed by atoms with van der Waals surface area (Å²) >= 11 is 0. The molecule has 0 nitrogen and oxygen atoms in total. The molecule has 0 heterocycles. The molecule has 0 saturated heterocycles. The molecule has 0 aromatic heterocycles. The fourth-order valence-corrected chi connectivity index (χ4v) is 5.28. The van der Waals surface area contributed by atoms with Crippen molar-refractivity contribution in [3.05, 3.63) is 54.1 Å². The molecule has 1 aromatic rings. The summed E-state index contributed by atoms with van der Waals surface area (Å²) in [5, 5.41) is 0. The highest BCUT2D eigenvalue weighted by atomic mass is 14.4. The highest BCUT2D eigenvalue weighted by Crippen LogP contribution is 2.44. The van der Waals surface area contributed by atoms with Gasteiger partial charge in [-0.3, -0.25) is 0 Å². The number of benzene rings is 1. The van der Waals surface area contributed by atoms with Crippen LogP contribution >= 0.6 is 0 Å². The molecule has 0 N–H and O–H groups in total. The molecule has 2 saturated carbocycles. The zero-order valence-corrected chi connectivity index (χ0v) is 16.1. The summed E-state index contributed by atoms with van der Waals surface area (Å²) in [7, 11) is 0. The van der Waals surface area contributed by atoms with Gasteiger partial charge in [0.2, 0.25) is 0 Å². The van der Waals surface area contributed by atoms with Gasteiger partial charge < -0.3 is 0 Å². The maximum absolute atomic E-state index is 3.86. The van der Waals surface area contributed by atoms with Gasteiger partial charge in [0.15, 0.2) is 0 Å². The number of rotatable bonds is 6. The molecule has 1 aromatic carbocycles. The molecule has 0 heteroatoms. The van der Waals surface area contributed by atoms with E-state index in [1.165, 1.54) is 69.8 Å². The Labute approximate surface area is 155 Å². The molecule has 2 fully saturated rings. The van der Waals surface area contributed by atoms with E-state index in [-0.39, 0.29) is 0 Å². The number of hydrogen-bond donors (Lipinski definition) is 0.